The van der Waals surface area contributed by atoms with Gasteiger partial charge in [0.2, 0.25) is 0 Å². The van der Waals surface area contributed by atoms with Crippen molar-refractivity contribution in [1.82, 2.24) is 5.32 Å². The van der Waals surface area contributed by atoms with Gasteiger partial charge in [-0.2, -0.15) is 0 Å². The number of carboxylic acids is 1. The number of aliphatic carboxylic acids is 1. The van der Waals surface area contributed by atoms with Crippen LogP contribution in [0.25, 0.3) is 0 Å². The molecule has 0 radical (unpaired) electrons. The Labute approximate surface area is 134 Å². The summed E-state index contributed by atoms with van der Waals surface area (Å²) < 4.78 is 13.4. The Balaban J connectivity index is 2.14. The zero-order valence-corrected chi connectivity index (χ0v) is 13.2. The third-order valence-corrected chi connectivity index (χ3v) is 4.39. The van der Waals surface area contributed by atoms with E-state index >= 15 is 0 Å². The molecule has 1 aliphatic rings. The Kier molecular flexibility index (Phi) is 4.73. The molecule has 0 bridgehead atoms. The summed E-state index contributed by atoms with van der Waals surface area (Å²) in [6.45, 7) is 0. The van der Waals surface area contributed by atoms with E-state index in [9.17, 15) is 19.1 Å². The van der Waals surface area contributed by atoms with E-state index in [0.29, 0.717) is 12.8 Å². The highest BCUT2D eigenvalue weighted by Crippen LogP contribution is 2.33. The SMILES string of the molecule is O=C(Nc1c(Cl)cc(F)cc1Br)NC1(C(=O)O)CCCC1. The lowest BCUT2D eigenvalue weighted by Gasteiger charge is -2.25. The maximum absolute atomic E-state index is 13.1. The van der Waals surface area contributed by atoms with Crippen LogP contribution in [0.5, 0.6) is 0 Å². The molecule has 0 heterocycles. The van der Waals surface area contributed by atoms with Crippen LogP contribution < -0.4 is 10.6 Å². The van der Waals surface area contributed by atoms with Gasteiger partial charge in [0, 0.05) is 4.47 Å². The highest BCUT2D eigenvalue weighted by molar-refractivity contribution is 9.10. The normalized spacial score (nSPS) is 16.5. The van der Waals surface area contributed by atoms with Crippen molar-refractivity contribution in [2.75, 3.05) is 5.32 Å². The first-order valence-electron chi connectivity index (χ1n) is 6.31. The van der Waals surface area contributed by atoms with Crippen molar-refractivity contribution in [3.8, 4) is 0 Å². The monoisotopic (exact) mass is 378 g/mol. The minimum atomic E-state index is -1.25. The van der Waals surface area contributed by atoms with E-state index in [0.717, 1.165) is 25.0 Å². The number of anilines is 1. The second-order valence-electron chi connectivity index (χ2n) is 4.92. The smallest absolute Gasteiger partial charge is 0.329 e. The molecule has 0 spiro atoms. The predicted octanol–water partition coefficient (Wildman–Crippen LogP) is 3.76. The summed E-state index contributed by atoms with van der Waals surface area (Å²) >= 11 is 8.96. The highest BCUT2D eigenvalue weighted by atomic mass is 79.9. The number of rotatable bonds is 3. The lowest BCUT2D eigenvalue weighted by molar-refractivity contribution is -0.144. The van der Waals surface area contributed by atoms with Gasteiger partial charge in [-0.25, -0.2) is 14.0 Å². The summed E-state index contributed by atoms with van der Waals surface area (Å²) in [5.74, 6) is -1.60. The van der Waals surface area contributed by atoms with Gasteiger partial charge >= 0.3 is 12.0 Å². The molecule has 2 rings (SSSR count). The van der Waals surface area contributed by atoms with Crippen LogP contribution in [0, 0.1) is 5.82 Å². The van der Waals surface area contributed by atoms with E-state index in [1.165, 1.54) is 0 Å². The van der Waals surface area contributed by atoms with E-state index in [1.807, 2.05) is 0 Å². The highest BCUT2D eigenvalue weighted by Gasteiger charge is 2.42. The summed E-state index contributed by atoms with van der Waals surface area (Å²) in [4.78, 5) is 23.4. The van der Waals surface area contributed by atoms with Crippen molar-refractivity contribution in [1.29, 1.82) is 0 Å². The molecule has 0 unspecified atom stereocenters. The van der Waals surface area contributed by atoms with Crippen molar-refractivity contribution >= 4 is 45.2 Å². The maximum atomic E-state index is 13.1. The molecule has 1 aliphatic carbocycles. The number of benzene rings is 1. The molecule has 1 saturated carbocycles. The molecule has 21 heavy (non-hydrogen) atoms. The molecular formula is C13H13BrClFN2O3. The van der Waals surface area contributed by atoms with Gasteiger partial charge in [0.15, 0.2) is 0 Å². The number of carboxylic acid groups (broad SMARTS) is 1. The molecule has 5 nitrogen and oxygen atoms in total. The topological polar surface area (TPSA) is 78.4 Å². The number of hydrogen-bond donors (Lipinski definition) is 3. The third kappa shape index (κ3) is 3.47. The summed E-state index contributed by atoms with van der Waals surface area (Å²) in [7, 11) is 0. The Hall–Kier alpha value is -1.34. The summed E-state index contributed by atoms with van der Waals surface area (Å²) in [5, 5.41) is 14.3. The molecule has 0 atom stereocenters. The van der Waals surface area contributed by atoms with E-state index in [-0.39, 0.29) is 15.2 Å². The molecular weight excluding hydrogens is 367 g/mol. The standard InChI is InChI=1S/C13H13BrClFN2O3/c14-8-5-7(16)6-9(15)10(8)17-12(21)18-13(11(19)20)3-1-2-4-13/h5-6H,1-4H2,(H,19,20)(H2,17,18,21). The lowest BCUT2D eigenvalue weighted by Crippen LogP contribution is -2.53. The van der Waals surface area contributed by atoms with Crippen molar-refractivity contribution < 1.29 is 19.1 Å². The predicted molar refractivity (Wildman–Crippen MR) is 80.1 cm³/mol. The van der Waals surface area contributed by atoms with Crippen LogP contribution >= 0.6 is 27.5 Å². The molecule has 0 aromatic heterocycles. The van der Waals surface area contributed by atoms with Crippen molar-refractivity contribution in [2.24, 2.45) is 0 Å². The van der Waals surface area contributed by atoms with Crippen LogP contribution in [0.15, 0.2) is 16.6 Å². The second kappa shape index (κ2) is 6.19. The van der Waals surface area contributed by atoms with Crippen LogP contribution in [0.3, 0.4) is 0 Å². The average Bonchev–Trinajstić information content (AvgIpc) is 2.83. The number of amides is 2. The van der Waals surface area contributed by atoms with Crippen LogP contribution in [-0.4, -0.2) is 22.6 Å². The second-order valence-corrected chi connectivity index (χ2v) is 6.18. The van der Waals surface area contributed by atoms with Crippen LogP contribution in [0.1, 0.15) is 25.7 Å². The minimum Gasteiger partial charge on any atom is -0.480 e. The van der Waals surface area contributed by atoms with Crippen LogP contribution in [0.4, 0.5) is 14.9 Å². The Morgan fingerprint density at radius 2 is 1.95 bits per heavy atom. The third-order valence-electron chi connectivity index (χ3n) is 3.46. The van der Waals surface area contributed by atoms with Crippen LogP contribution in [0.2, 0.25) is 5.02 Å². The van der Waals surface area contributed by atoms with Crippen molar-refractivity contribution in [2.45, 2.75) is 31.2 Å². The molecule has 114 valence electrons. The molecule has 8 heteroatoms. The fraction of sp³-hybridized carbons (Fsp3) is 0.385. The zero-order valence-electron chi connectivity index (χ0n) is 10.9. The number of hydrogen-bond acceptors (Lipinski definition) is 2. The van der Waals surface area contributed by atoms with Gasteiger partial charge in [-0.15, -0.1) is 0 Å². The van der Waals surface area contributed by atoms with Gasteiger partial charge in [0.05, 0.1) is 10.7 Å². The number of nitrogens with one attached hydrogen (secondary N) is 2. The Bertz CT molecular complexity index is 568. The van der Waals surface area contributed by atoms with Gasteiger partial charge in [-0.05, 0) is 40.9 Å². The fourth-order valence-electron chi connectivity index (χ4n) is 2.39. The fourth-order valence-corrected chi connectivity index (χ4v) is 3.29. The molecule has 0 aliphatic heterocycles. The van der Waals surface area contributed by atoms with Gasteiger partial charge in [0.25, 0.3) is 0 Å². The zero-order chi connectivity index (χ0) is 15.6. The lowest BCUT2D eigenvalue weighted by atomic mass is 9.98. The Morgan fingerprint density at radius 3 is 2.48 bits per heavy atom. The molecule has 0 saturated heterocycles. The number of carbonyl (C=O) groups is 2. The van der Waals surface area contributed by atoms with Gasteiger partial charge in [0.1, 0.15) is 11.4 Å². The van der Waals surface area contributed by atoms with Crippen LogP contribution in [-0.2, 0) is 4.79 Å². The number of urea groups is 1. The molecule has 1 fully saturated rings. The number of halogens is 3. The average molecular weight is 380 g/mol. The molecule has 1 aromatic rings. The first-order valence-corrected chi connectivity index (χ1v) is 7.48. The largest absolute Gasteiger partial charge is 0.480 e. The number of carbonyl (C=O) groups excluding carboxylic acids is 1. The van der Waals surface area contributed by atoms with E-state index in [1.54, 1.807) is 0 Å². The van der Waals surface area contributed by atoms with Gasteiger partial charge < -0.3 is 15.7 Å². The first-order chi connectivity index (χ1) is 9.84. The molecule has 2 amide bonds. The Morgan fingerprint density at radius 1 is 1.33 bits per heavy atom. The molecule has 1 aromatic carbocycles. The van der Waals surface area contributed by atoms with Gasteiger partial charge in [-0.3, -0.25) is 0 Å². The maximum Gasteiger partial charge on any atom is 0.329 e. The van der Waals surface area contributed by atoms with E-state index in [2.05, 4.69) is 26.6 Å². The van der Waals surface area contributed by atoms with Crippen molar-refractivity contribution in [3.05, 3.63) is 27.4 Å². The quantitative estimate of drug-likeness (QED) is 0.748. The van der Waals surface area contributed by atoms with E-state index < -0.39 is 23.4 Å². The summed E-state index contributed by atoms with van der Waals surface area (Å²) in [5.41, 5.74) is -1.06. The minimum absolute atomic E-state index is 0.0211. The summed E-state index contributed by atoms with van der Waals surface area (Å²) in [6, 6.07) is 1.53. The van der Waals surface area contributed by atoms with Crippen molar-refractivity contribution in [3.63, 3.8) is 0 Å². The van der Waals surface area contributed by atoms with E-state index in [4.69, 9.17) is 11.6 Å². The molecule has 3 N–H and O–H groups in total. The summed E-state index contributed by atoms with van der Waals surface area (Å²) in [6.07, 6.45) is 2.25. The first kappa shape index (κ1) is 16.0. The van der Waals surface area contributed by atoms with Gasteiger partial charge in [-0.1, -0.05) is 24.4 Å².